The molecule has 1 heterocycles. The van der Waals surface area contributed by atoms with Crippen LogP contribution in [0.15, 0.2) is 22.7 Å². The summed E-state index contributed by atoms with van der Waals surface area (Å²) < 4.78 is 5.95. The third kappa shape index (κ3) is 4.33. The SMILES string of the molecule is COc1ccc(C(=O)NCC2CSCCS2)cc1Br. The van der Waals surface area contributed by atoms with Gasteiger partial charge in [-0.25, -0.2) is 0 Å². The Hall–Kier alpha value is -0.330. The Balaban J connectivity index is 1.90. The first kappa shape index (κ1) is 15.1. The number of rotatable bonds is 4. The first-order valence-corrected chi connectivity index (χ1v) is 9.01. The van der Waals surface area contributed by atoms with Gasteiger partial charge < -0.3 is 10.1 Å². The van der Waals surface area contributed by atoms with E-state index in [0.717, 1.165) is 22.5 Å². The summed E-state index contributed by atoms with van der Waals surface area (Å²) in [4.78, 5) is 12.1. The second kappa shape index (κ2) is 7.45. The molecule has 0 aliphatic carbocycles. The summed E-state index contributed by atoms with van der Waals surface area (Å²) in [5, 5.41) is 3.53. The first-order valence-electron chi connectivity index (χ1n) is 6.02. The summed E-state index contributed by atoms with van der Waals surface area (Å²) in [7, 11) is 1.61. The zero-order valence-electron chi connectivity index (χ0n) is 10.6. The molecular weight excluding hydrogens is 346 g/mol. The van der Waals surface area contributed by atoms with Gasteiger partial charge in [0.1, 0.15) is 5.75 Å². The second-order valence-electron chi connectivity index (χ2n) is 4.13. The lowest BCUT2D eigenvalue weighted by Gasteiger charge is -2.21. The van der Waals surface area contributed by atoms with Crippen LogP contribution in [0.4, 0.5) is 0 Å². The molecule has 1 saturated heterocycles. The molecule has 0 radical (unpaired) electrons. The van der Waals surface area contributed by atoms with Gasteiger partial charge in [-0.15, -0.1) is 0 Å². The van der Waals surface area contributed by atoms with Crippen molar-refractivity contribution in [2.24, 2.45) is 0 Å². The van der Waals surface area contributed by atoms with Gasteiger partial charge in [0.25, 0.3) is 5.91 Å². The Morgan fingerprint density at radius 2 is 2.37 bits per heavy atom. The molecule has 1 aliphatic rings. The molecule has 19 heavy (non-hydrogen) atoms. The Morgan fingerprint density at radius 1 is 1.53 bits per heavy atom. The molecule has 1 atom stereocenters. The normalized spacial score (nSPS) is 18.9. The van der Waals surface area contributed by atoms with Gasteiger partial charge in [0.2, 0.25) is 0 Å². The lowest BCUT2D eigenvalue weighted by molar-refractivity contribution is 0.0954. The van der Waals surface area contributed by atoms with Crippen LogP contribution < -0.4 is 10.1 Å². The fourth-order valence-electron chi connectivity index (χ4n) is 1.77. The molecule has 104 valence electrons. The highest BCUT2D eigenvalue weighted by Gasteiger charge is 2.16. The van der Waals surface area contributed by atoms with Crippen molar-refractivity contribution in [1.29, 1.82) is 0 Å². The summed E-state index contributed by atoms with van der Waals surface area (Å²) in [5.41, 5.74) is 0.654. The van der Waals surface area contributed by atoms with Crippen molar-refractivity contribution >= 4 is 45.4 Å². The van der Waals surface area contributed by atoms with Gasteiger partial charge in [0.15, 0.2) is 0 Å². The van der Waals surface area contributed by atoms with E-state index in [4.69, 9.17) is 4.74 Å². The largest absolute Gasteiger partial charge is 0.496 e. The number of carbonyl (C=O) groups is 1. The fraction of sp³-hybridized carbons (Fsp3) is 0.462. The molecule has 1 N–H and O–H groups in total. The van der Waals surface area contributed by atoms with E-state index >= 15 is 0 Å². The van der Waals surface area contributed by atoms with E-state index < -0.39 is 0 Å². The van der Waals surface area contributed by atoms with Crippen LogP contribution in [0.3, 0.4) is 0 Å². The maximum Gasteiger partial charge on any atom is 0.251 e. The second-order valence-corrected chi connectivity index (χ2v) is 7.54. The molecule has 3 nitrogen and oxygen atoms in total. The van der Waals surface area contributed by atoms with Crippen molar-refractivity contribution < 1.29 is 9.53 Å². The van der Waals surface area contributed by atoms with Crippen LogP contribution in [0.1, 0.15) is 10.4 Å². The standard InChI is InChI=1S/C13H16BrNO2S2/c1-17-12-3-2-9(6-11(12)14)13(16)15-7-10-8-18-4-5-19-10/h2-3,6,10H,4-5,7-8H2,1H3,(H,15,16). The minimum absolute atomic E-state index is 0.0282. The van der Waals surface area contributed by atoms with E-state index in [1.54, 1.807) is 25.3 Å². The average Bonchev–Trinajstić information content (AvgIpc) is 2.45. The van der Waals surface area contributed by atoms with Crippen molar-refractivity contribution in [1.82, 2.24) is 5.32 Å². The minimum atomic E-state index is -0.0282. The van der Waals surface area contributed by atoms with Crippen molar-refractivity contribution in [2.75, 3.05) is 30.9 Å². The molecule has 0 bridgehead atoms. The van der Waals surface area contributed by atoms with Crippen LogP contribution in [-0.2, 0) is 0 Å². The van der Waals surface area contributed by atoms with E-state index in [1.165, 1.54) is 11.5 Å². The maximum absolute atomic E-state index is 12.1. The van der Waals surface area contributed by atoms with Crippen LogP contribution in [0.5, 0.6) is 5.75 Å². The average molecular weight is 362 g/mol. The third-order valence-corrected chi connectivity index (χ3v) is 6.25. The summed E-state index contributed by atoms with van der Waals surface area (Å²) in [6.07, 6.45) is 0. The van der Waals surface area contributed by atoms with Crippen LogP contribution >= 0.6 is 39.5 Å². The molecule has 1 aromatic carbocycles. The van der Waals surface area contributed by atoms with Gasteiger partial charge in [0.05, 0.1) is 11.6 Å². The monoisotopic (exact) mass is 361 g/mol. The molecule has 1 aromatic rings. The topological polar surface area (TPSA) is 38.3 Å². The number of amides is 1. The zero-order chi connectivity index (χ0) is 13.7. The minimum Gasteiger partial charge on any atom is -0.496 e. The number of halogens is 1. The summed E-state index contributed by atoms with van der Waals surface area (Å²) in [6, 6.07) is 5.36. The molecule has 1 amide bonds. The number of hydrogen-bond donors (Lipinski definition) is 1. The Morgan fingerprint density at radius 3 is 3.00 bits per heavy atom. The van der Waals surface area contributed by atoms with E-state index in [-0.39, 0.29) is 5.91 Å². The highest BCUT2D eigenvalue weighted by molar-refractivity contribution is 9.10. The molecule has 1 aliphatic heterocycles. The molecule has 6 heteroatoms. The van der Waals surface area contributed by atoms with Crippen molar-refractivity contribution in [3.63, 3.8) is 0 Å². The number of ether oxygens (including phenoxy) is 1. The van der Waals surface area contributed by atoms with E-state index in [1.807, 2.05) is 23.5 Å². The predicted octanol–water partition coefficient (Wildman–Crippen LogP) is 3.04. The predicted molar refractivity (Wildman–Crippen MR) is 86.6 cm³/mol. The molecule has 0 aromatic heterocycles. The van der Waals surface area contributed by atoms with Gasteiger partial charge in [-0.2, -0.15) is 23.5 Å². The molecule has 0 spiro atoms. The lowest BCUT2D eigenvalue weighted by Crippen LogP contribution is -2.33. The lowest BCUT2D eigenvalue weighted by atomic mass is 10.2. The number of methoxy groups -OCH3 is 1. The van der Waals surface area contributed by atoms with Crippen LogP contribution in [-0.4, -0.2) is 42.1 Å². The number of carbonyl (C=O) groups excluding carboxylic acids is 1. The molecule has 1 unspecified atom stereocenters. The van der Waals surface area contributed by atoms with Crippen molar-refractivity contribution in [2.45, 2.75) is 5.25 Å². The summed E-state index contributed by atoms with van der Waals surface area (Å²) in [6.45, 7) is 0.736. The highest BCUT2D eigenvalue weighted by atomic mass is 79.9. The van der Waals surface area contributed by atoms with E-state index in [9.17, 15) is 4.79 Å². The Labute approximate surface area is 130 Å². The smallest absolute Gasteiger partial charge is 0.251 e. The molecule has 0 saturated carbocycles. The van der Waals surface area contributed by atoms with Crippen molar-refractivity contribution in [3.8, 4) is 5.75 Å². The van der Waals surface area contributed by atoms with Gasteiger partial charge in [-0.05, 0) is 34.1 Å². The quantitative estimate of drug-likeness (QED) is 0.894. The van der Waals surface area contributed by atoms with Gasteiger partial charge in [-0.3, -0.25) is 4.79 Å². The molecular formula is C13H16BrNO2S2. The van der Waals surface area contributed by atoms with Crippen LogP contribution in [0, 0.1) is 0 Å². The zero-order valence-corrected chi connectivity index (χ0v) is 13.9. The van der Waals surface area contributed by atoms with E-state index in [2.05, 4.69) is 21.2 Å². The van der Waals surface area contributed by atoms with E-state index in [0.29, 0.717) is 10.8 Å². The number of nitrogens with one attached hydrogen (secondary N) is 1. The van der Waals surface area contributed by atoms with Gasteiger partial charge in [0, 0.05) is 34.6 Å². The van der Waals surface area contributed by atoms with Crippen molar-refractivity contribution in [3.05, 3.63) is 28.2 Å². The Kier molecular flexibility index (Phi) is 5.91. The summed E-state index contributed by atoms with van der Waals surface area (Å²) in [5.74, 6) is 4.23. The maximum atomic E-state index is 12.1. The number of benzene rings is 1. The van der Waals surface area contributed by atoms with Crippen LogP contribution in [0.2, 0.25) is 0 Å². The first-order chi connectivity index (χ1) is 9.20. The Bertz CT molecular complexity index is 450. The summed E-state index contributed by atoms with van der Waals surface area (Å²) >= 11 is 7.30. The molecule has 2 rings (SSSR count). The van der Waals surface area contributed by atoms with Crippen LogP contribution in [0.25, 0.3) is 0 Å². The molecule has 1 fully saturated rings. The third-order valence-electron chi connectivity index (χ3n) is 2.79. The van der Waals surface area contributed by atoms with Gasteiger partial charge in [-0.1, -0.05) is 0 Å². The fourth-order valence-corrected chi connectivity index (χ4v) is 4.92. The highest BCUT2D eigenvalue weighted by Crippen LogP contribution is 2.26. The number of thioether (sulfide) groups is 2. The van der Waals surface area contributed by atoms with Gasteiger partial charge >= 0.3 is 0 Å². The number of hydrogen-bond acceptors (Lipinski definition) is 4.